The molecule has 0 aliphatic heterocycles. The maximum atomic E-state index is 13.1. The minimum Gasteiger partial charge on any atom is -0.316 e. The number of nitrogens with zero attached hydrogens (tertiary/aromatic N) is 4. The van der Waals surface area contributed by atoms with Crippen LogP contribution >= 0.6 is 0 Å². The molecule has 0 fully saturated rings. The Morgan fingerprint density at radius 1 is 0.871 bits per heavy atom. The van der Waals surface area contributed by atoms with Crippen LogP contribution in [0.3, 0.4) is 0 Å². The molecule has 0 aliphatic carbocycles. The Labute approximate surface area is 179 Å². The van der Waals surface area contributed by atoms with Crippen molar-refractivity contribution < 1.29 is 4.79 Å². The first kappa shape index (κ1) is 20.0. The summed E-state index contributed by atoms with van der Waals surface area (Å²) in [5.74, 6) is -0.0596. The van der Waals surface area contributed by atoms with Gasteiger partial charge < -0.3 is 4.90 Å². The van der Waals surface area contributed by atoms with Crippen LogP contribution in [0.2, 0.25) is 0 Å². The Hall–Kier alpha value is -4.26. The van der Waals surface area contributed by atoms with Gasteiger partial charge in [-0.25, -0.2) is 4.68 Å². The number of carbonyl (C=O) groups is 1. The van der Waals surface area contributed by atoms with Crippen LogP contribution in [-0.4, -0.2) is 22.7 Å². The second-order valence-electron chi connectivity index (χ2n) is 6.97. The van der Waals surface area contributed by atoms with Crippen LogP contribution in [0.4, 0.5) is 17.1 Å². The van der Waals surface area contributed by atoms with E-state index in [2.05, 4.69) is 15.3 Å². The number of rotatable bonds is 5. The summed E-state index contributed by atoms with van der Waals surface area (Å²) in [6.07, 6.45) is 0. The van der Waals surface area contributed by atoms with Crippen LogP contribution in [-0.2, 0) is 4.79 Å². The van der Waals surface area contributed by atoms with Crippen LogP contribution in [0, 0.1) is 0 Å². The Bertz CT molecular complexity index is 1270. The quantitative estimate of drug-likeness (QED) is 0.456. The maximum absolute atomic E-state index is 13.1. The number of hydrogen-bond acceptors (Lipinski definition) is 4. The number of hydrogen-bond donors (Lipinski definition) is 1. The summed E-state index contributed by atoms with van der Waals surface area (Å²) < 4.78 is 1.46. The van der Waals surface area contributed by atoms with E-state index >= 15 is 0 Å². The molecule has 1 aromatic heterocycles. The van der Waals surface area contributed by atoms with Crippen molar-refractivity contribution in [2.45, 2.75) is 6.92 Å². The number of carbonyl (C=O) groups excluding carboxylic acids is 1. The lowest BCUT2D eigenvalue weighted by molar-refractivity contribution is -0.116. The molecule has 0 atom stereocenters. The largest absolute Gasteiger partial charge is 0.316 e. The molecule has 1 heterocycles. The minimum atomic E-state index is -0.290. The molecule has 7 nitrogen and oxygen atoms in total. The summed E-state index contributed by atoms with van der Waals surface area (Å²) in [5.41, 5.74) is 3.40. The monoisotopic (exact) mass is 411 g/mol. The second kappa shape index (κ2) is 8.62. The van der Waals surface area contributed by atoms with Gasteiger partial charge in [0.2, 0.25) is 5.91 Å². The molecule has 154 valence electrons. The van der Waals surface area contributed by atoms with Gasteiger partial charge in [0.25, 0.3) is 5.56 Å². The van der Waals surface area contributed by atoms with Gasteiger partial charge >= 0.3 is 0 Å². The summed E-state index contributed by atoms with van der Waals surface area (Å²) >= 11 is 0. The Kier molecular flexibility index (Phi) is 5.57. The highest BCUT2D eigenvalue weighted by molar-refractivity contribution is 5.90. The van der Waals surface area contributed by atoms with E-state index in [1.807, 2.05) is 60.7 Å². The van der Waals surface area contributed by atoms with E-state index in [4.69, 9.17) is 0 Å². The van der Waals surface area contributed by atoms with Crippen molar-refractivity contribution in [2.24, 2.45) is 10.2 Å². The first-order valence-corrected chi connectivity index (χ1v) is 9.76. The Balaban J connectivity index is 1.74. The molecule has 0 saturated carbocycles. The van der Waals surface area contributed by atoms with E-state index in [1.165, 1.54) is 11.6 Å². The molecule has 1 N–H and O–H groups in total. The van der Waals surface area contributed by atoms with Crippen molar-refractivity contribution in [3.05, 3.63) is 95.3 Å². The molecule has 31 heavy (non-hydrogen) atoms. The fourth-order valence-electron chi connectivity index (χ4n) is 3.12. The first-order chi connectivity index (χ1) is 15.0. The zero-order valence-corrected chi connectivity index (χ0v) is 17.2. The molecule has 0 radical (unpaired) electrons. The number of benzene rings is 3. The van der Waals surface area contributed by atoms with Crippen molar-refractivity contribution >= 4 is 23.0 Å². The average molecular weight is 411 g/mol. The minimum absolute atomic E-state index is 0.0596. The molecule has 4 rings (SSSR count). The van der Waals surface area contributed by atoms with Gasteiger partial charge in [-0.05, 0) is 36.4 Å². The van der Waals surface area contributed by atoms with Gasteiger partial charge in [0, 0.05) is 25.2 Å². The summed E-state index contributed by atoms with van der Waals surface area (Å²) in [6.45, 7) is 1.50. The van der Waals surface area contributed by atoms with E-state index in [9.17, 15) is 9.59 Å². The third-order valence-corrected chi connectivity index (χ3v) is 4.92. The van der Waals surface area contributed by atoms with Gasteiger partial charge in [-0.2, -0.15) is 5.11 Å². The predicted molar refractivity (Wildman–Crippen MR) is 122 cm³/mol. The lowest BCUT2D eigenvalue weighted by atomic mass is 10.1. The number of amides is 1. The fourth-order valence-corrected chi connectivity index (χ4v) is 3.12. The lowest BCUT2D eigenvalue weighted by Gasteiger charge is -2.14. The van der Waals surface area contributed by atoms with Gasteiger partial charge in [0.15, 0.2) is 5.69 Å². The molecule has 3 aromatic carbocycles. The highest BCUT2D eigenvalue weighted by atomic mass is 16.2. The highest BCUT2D eigenvalue weighted by Gasteiger charge is 2.16. The number of aromatic nitrogens is 2. The molecule has 0 bridgehead atoms. The average Bonchev–Trinajstić information content (AvgIpc) is 3.14. The van der Waals surface area contributed by atoms with Gasteiger partial charge in [0.05, 0.1) is 17.1 Å². The normalized spacial score (nSPS) is 11.0. The molecule has 0 spiro atoms. The van der Waals surface area contributed by atoms with Gasteiger partial charge in [-0.3, -0.25) is 14.7 Å². The van der Waals surface area contributed by atoms with E-state index in [1.54, 1.807) is 36.2 Å². The molecular weight excluding hydrogens is 390 g/mol. The zero-order valence-electron chi connectivity index (χ0n) is 17.2. The van der Waals surface area contributed by atoms with Crippen molar-refractivity contribution in [2.75, 3.05) is 11.9 Å². The van der Waals surface area contributed by atoms with Crippen molar-refractivity contribution in [3.63, 3.8) is 0 Å². The summed E-state index contributed by atoms with van der Waals surface area (Å²) in [5, 5.41) is 11.7. The summed E-state index contributed by atoms with van der Waals surface area (Å²) in [7, 11) is 1.71. The smallest absolute Gasteiger partial charge is 0.299 e. The number of nitrogens with one attached hydrogen (secondary N) is 1. The van der Waals surface area contributed by atoms with Crippen LogP contribution < -0.4 is 10.5 Å². The first-order valence-electron chi connectivity index (χ1n) is 9.76. The number of azo groups is 1. The molecule has 0 unspecified atom stereocenters. The number of anilines is 1. The SMILES string of the molecule is CC(=O)N(C)c1ccc(N=Nc2c(-c3ccccc3)[nH]n(-c3ccccc3)c2=O)cc1. The third-order valence-electron chi connectivity index (χ3n) is 4.92. The Morgan fingerprint density at radius 2 is 1.48 bits per heavy atom. The molecular formula is C24H21N5O2. The van der Waals surface area contributed by atoms with Crippen LogP contribution in [0.15, 0.2) is 100.0 Å². The van der Waals surface area contributed by atoms with Crippen LogP contribution in [0.5, 0.6) is 0 Å². The van der Waals surface area contributed by atoms with Crippen LogP contribution in [0.25, 0.3) is 16.9 Å². The number of aromatic amines is 1. The van der Waals surface area contributed by atoms with E-state index in [-0.39, 0.29) is 17.2 Å². The number of H-pyrrole nitrogens is 1. The van der Waals surface area contributed by atoms with Crippen LogP contribution in [0.1, 0.15) is 6.92 Å². The van der Waals surface area contributed by atoms with Gasteiger partial charge in [0.1, 0.15) is 0 Å². The van der Waals surface area contributed by atoms with E-state index in [0.29, 0.717) is 17.1 Å². The maximum Gasteiger partial charge on any atom is 0.299 e. The second-order valence-corrected chi connectivity index (χ2v) is 6.97. The third kappa shape index (κ3) is 4.20. The summed E-state index contributed by atoms with van der Waals surface area (Å²) in [6, 6.07) is 25.9. The Morgan fingerprint density at radius 3 is 2.10 bits per heavy atom. The van der Waals surface area contributed by atoms with E-state index < -0.39 is 0 Å². The predicted octanol–water partition coefficient (Wildman–Crippen LogP) is 5.23. The van der Waals surface area contributed by atoms with Gasteiger partial charge in [-0.1, -0.05) is 48.5 Å². The molecule has 1 amide bonds. The number of para-hydroxylation sites is 1. The van der Waals surface area contributed by atoms with Crippen molar-refractivity contribution in [1.82, 2.24) is 9.78 Å². The standard InChI is InChI=1S/C24H21N5O2/c1-17(30)28(2)20-15-13-19(14-16-20)25-26-23-22(18-9-5-3-6-10-18)27-29(24(23)31)21-11-7-4-8-12-21/h3-16,27H,1-2H3. The highest BCUT2D eigenvalue weighted by Crippen LogP contribution is 2.28. The molecule has 4 aromatic rings. The lowest BCUT2D eigenvalue weighted by Crippen LogP contribution is -2.22. The molecule has 7 heteroatoms. The zero-order chi connectivity index (χ0) is 21.8. The van der Waals surface area contributed by atoms with Gasteiger partial charge in [-0.15, -0.1) is 5.11 Å². The molecule has 0 aliphatic rings. The topological polar surface area (TPSA) is 82.8 Å². The molecule has 0 saturated heterocycles. The van der Waals surface area contributed by atoms with Crippen molar-refractivity contribution in [3.8, 4) is 16.9 Å². The van der Waals surface area contributed by atoms with Crippen molar-refractivity contribution in [1.29, 1.82) is 0 Å². The summed E-state index contributed by atoms with van der Waals surface area (Å²) in [4.78, 5) is 26.2. The fraction of sp³-hybridized carbons (Fsp3) is 0.0833. The van der Waals surface area contributed by atoms with E-state index in [0.717, 1.165) is 11.3 Å².